The summed E-state index contributed by atoms with van der Waals surface area (Å²) in [6.45, 7) is 0. The summed E-state index contributed by atoms with van der Waals surface area (Å²) in [5.74, 6) is -0.932. The summed E-state index contributed by atoms with van der Waals surface area (Å²) in [5, 5.41) is 15.1. The fourth-order valence-corrected chi connectivity index (χ4v) is 2.74. The first kappa shape index (κ1) is 18.9. The third-order valence-electron chi connectivity index (χ3n) is 4.11. The second kappa shape index (κ2) is 9.15. The zero-order valence-corrected chi connectivity index (χ0v) is 15.0. The van der Waals surface area contributed by atoms with Gasteiger partial charge in [0.1, 0.15) is 17.5 Å². The Hall–Kier alpha value is -3.91. The summed E-state index contributed by atoms with van der Waals surface area (Å²) in [6, 6.07) is 26.3. The lowest BCUT2D eigenvalue weighted by molar-refractivity contribution is -0.117. The van der Waals surface area contributed by atoms with Crippen molar-refractivity contribution >= 4 is 11.6 Å². The van der Waals surface area contributed by atoms with Crippen LogP contribution in [0, 0.1) is 17.1 Å². The molecule has 28 heavy (non-hydrogen) atoms. The van der Waals surface area contributed by atoms with Crippen LogP contribution in [0.2, 0.25) is 0 Å². The normalized spacial score (nSPS) is 11.0. The Labute approximate surface area is 163 Å². The molecule has 0 radical (unpaired) electrons. The number of carbonyl (C=O) groups is 1. The zero-order chi connectivity index (χ0) is 19.8. The lowest BCUT2D eigenvalue weighted by Gasteiger charge is -2.19. The number of anilines is 1. The van der Waals surface area contributed by atoms with Gasteiger partial charge in [-0.05, 0) is 29.3 Å². The molecule has 0 unspecified atom stereocenters. The van der Waals surface area contributed by atoms with E-state index in [1.54, 1.807) is 12.1 Å². The van der Waals surface area contributed by atoms with Crippen LogP contribution < -0.4 is 10.6 Å². The largest absolute Gasteiger partial charge is 0.360 e. The second-order valence-electron chi connectivity index (χ2n) is 6.05. The predicted octanol–water partition coefficient (Wildman–Crippen LogP) is 4.55. The van der Waals surface area contributed by atoms with Crippen LogP contribution >= 0.6 is 0 Å². The van der Waals surface area contributed by atoms with E-state index in [4.69, 9.17) is 0 Å². The molecule has 0 aromatic heterocycles. The molecule has 0 saturated heterocycles. The first-order valence-corrected chi connectivity index (χ1v) is 8.70. The van der Waals surface area contributed by atoms with E-state index >= 15 is 0 Å². The number of benzene rings is 3. The Balaban J connectivity index is 1.82. The Bertz CT molecular complexity index is 971. The molecule has 0 spiro atoms. The smallest absolute Gasteiger partial charge is 0.264 e. The molecule has 0 aliphatic heterocycles. The molecule has 0 aliphatic carbocycles. The molecule has 3 aromatic carbocycles. The van der Waals surface area contributed by atoms with Gasteiger partial charge in [0, 0.05) is 11.9 Å². The van der Waals surface area contributed by atoms with Crippen molar-refractivity contribution in [1.29, 1.82) is 5.26 Å². The number of hydrogen-bond acceptors (Lipinski definition) is 3. The van der Waals surface area contributed by atoms with Gasteiger partial charge in [-0.3, -0.25) is 4.79 Å². The molecular formula is C23H18FN3O. The van der Waals surface area contributed by atoms with Crippen LogP contribution in [-0.2, 0) is 4.79 Å². The maximum atomic E-state index is 13.3. The van der Waals surface area contributed by atoms with Gasteiger partial charge in [0.25, 0.3) is 5.91 Å². The summed E-state index contributed by atoms with van der Waals surface area (Å²) in [5.41, 5.74) is 2.14. The summed E-state index contributed by atoms with van der Waals surface area (Å²) in [7, 11) is 0. The van der Waals surface area contributed by atoms with Crippen LogP contribution in [0.1, 0.15) is 17.2 Å². The molecule has 1 amide bonds. The van der Waals surface area contributed by atoms with Gasteiger partial charge in [-0.1, -0.05) is 66.7 Å². The van der Waals surface area contributed by atoms with Gasteiger partial charge in [0.05, 0.1) is 6.04 Å². The van der Waals surface area contributed by atoms with Crippen LogP contribution in [0.5, 0.6) is 0 Å². The van der Waals surface area contributed by atoms with Crippen molar-refractivity contribution in [2.75, 3.05) is 5.32 Å². The molecule has 0 atom stereocenters. The number of amides is 1. The zero-order valence-electron chi connectivity index (χ0n) is 15.0. The second-order valence-corrected chi connectivity index (χ2v) is 6.05. The molecular weight excluding hydrogens is 353 g/mol. The van der Waals surface area contributed by atoms with Crippen molar-refractivity contribution in [2.45, 2.75) is 6.04 Å². The average molecular weight is 371 g/mol. The predicted molar refractivity (Wildman–Crippen MR) is 107 cm³/mol. The first-order chi connectivity index (χ1) is 13.7. The standard InChI is InChI=1S/C23H18FN3O/c24-20-12-7-13-21(14-20)26-16-19(15-25)23(28)27-22(17-8-3-1-4-9-17)18-10-5-2-6-11-18/h1-14,16,22,26H,(H,27,28)/b19-16-. The van der Waals surface area contributed by atoms with E-state index in [-0.39, 0.29) is 5.57 Å². The number of nitrogens with one attached hydrogen (secondary N) is 2. The van der Waals surface area contributed by atoms with Gasteiger partial charge >= 0.3 is 0 Å². The van der Waals surface area contributed by atoms with Crippen LogP contribution in [-0.4, -0.2) is 5.91 Å². The van der Waals surface area contributed by atoms with Crippen molar-refractivity contribution in [2.24, 2.45) is 0 Å². The summed E-state index contributed by atoms with van der Waals surface area (Å²) in [4.78, 5) is 12.7. The highest BCUT2D eigenvalue weighted by Crippen LogP contribution is 2.22. The molecule has 3 rings (SSSR count). The lowest BCUT2D eigenvalue weighted by atomic mass is 9.98. The van der Waals surface area contributed by atoms with Gasteiger partial charge in [-0.2, -0.15) is 5.26 Å². The molecule has 0 fully saturated rings. The number of carbonyl (C=O) groups excluding carboxylic acids is 1. The molecule has 138 valence electrons. The van der Waals surface area contributed by atoms with Gasteiger partial charge < -0.3 is 10.6 Å². The summed E-state index contributed by atoms with van der Waals surface area (Å²) < 4.78 is 13.3. The van der Waals surface area contributed by atoms with Crippen LogP contribution in [0.25, 0.3) is 0 Å². The number of rotatable bonds is 6. The molecule has 0 heterocycles. The Morgan fingerprint density at radius 3 is 2.07 bits per heavy atom. The van der Waals surface area contributed by atoms with E-state index in [1.807, 2.05) is 66.7 Å². The van der Waals surface area contributed by atoms with E-state index in [0.29, 0.717) is 5.69 Å². The van der Waals surface area contributed by atoms with E-state index in [0.717, 1.165) is 11.1 Å². The van der Waals surface area contributed by atoms with Crippen LogP contribution in [0.4, 0.5) is 10.1 Å². The molecule has 3 aromatic rings. The highest BCUT2D eigenvalue weighted by Gasteiger charge is 2.19. The van der Waals surface area contributed by atoms with E-state index in [9.17, 15) is 14.4 Å². The van der Waals surface area contributed by atoms with Crippen molar-refractivity contribution in [3.05, 3.63) is 114 Å². The Morgan fingerprint density at radius 2 is 1.54 bits per heavy atom. The molecule has 4 nitrogen and oxygen atoms in total. The fraction of sp³-hybridized carbons (Fsp3) is 0.0435. The molecule has 0 aliphatic rings. The van der Waals surface area contributed by atoms with E-state index in [2.05, 4.69) is 10.6 Å². The number of hydrogen-bond donors (Lipinski definition) is 2. The van der Waals surface area contributed by atoms with Crippen LogP contribution in [0.15, 0.2) is 96.7 Å². The van der Waals surface area contributed by atoms with Gasteiger partial charge in [0.2, 0.25) is 0 Å². The van der Waals surface area contributed by atoms with Crippen molar-refractivity contribution in [1.82, 2.24) is 5.32 Å². The van der Waals surface area contributed by atoms with Crippen molar-refractivity contribution < 1.29 is 9.18 Å². The highest BCUT2D eigenvalue weighted by atomic mass is 19.1. The maximum Gasteiger partial charge on any atom is 0.264 e. The number of nitriles is 1. The van der Waals surface area contributed by atoms with Crippen molar-refractivity contribution in [3.8, 4) is 6.07 Å². The fourth-order valence-electron chi connectivity index (χ4n) is 2.74. The topological polar surface area (TPSA) is 64.9 Å². The quantitative estimate of drug-likeness (QED) is 0.493. The Kier molecular flexibility index (Phi) is 6.17. The number of nitrogens with zero attached hydrogens (tertiary/aromatic N) is 1. The first-order valence-electron chi connectivity index (χ1n) is 8.70. The van der Waals surface area contributed by atoms with Gasteiger partial charge in [-0.15, -0.1) is 0 Å². The minimum atomic E-state index is -0.524. The SMILES string of the molecule is N#C/C(=C/Nc1cccc(F)c1)C(=O)NC(c1ccccc1)c1ccccc1. The minimum absolute atomic E-state index is 0.110. The molecule has 2 N–H and O–H groups in total. The van der Waals surface area contributed by atoms with Crippen molar-refractivity contribution in [3.63, 3.8) is 0 Å². The Morgan fingerprint density at radius 1 is 0.929 bits per heavy atom. The maximum absolute atomic E-state index is 13.3. The van der Waals surface area contributed by atoms with Gasteiger partial charge in [-0.25, -0.2) is 4.39 Å². The van der Waals surface area contributed by atoms with Crippen LogP contribution in [0.3, 0.4) is 0 Å². The summed E-state index contributed by atoms with van der Waals surface area (Å²) >= 11 is 0. The third kappa shape index (κ3) is 4.83. The molecule has 5 heteroatoms. The minimum Gasteiger partial charge on any atom is -0.360 e. The molecule has 0 bridgehead atoms. The third-order valence-corrected chi connectivity index (χ3v) is 4.11. The summed E-state index contributed by atoms with van der Waals surface area (Å²) in [6.07, 6.45) is 1.27. The monoisotopic (exact) mass is 371 g/mol. The average Bonchev–Trinajstić information content (AvgIpc) is 2.74. The number of halogens is 1. The van der Waals surface area contributed by atoms with Gasteiger partial charge in [0.15, 0.2) is 0 Å². The lowest BCUT2D eigenvalue weighted by Crippen LogP contribution is -2.30. The van der Waals surface area contributed by atoms with E-state index in [1.165, 1.54) is 18.3 Å². The highest BCUT2D eigenvalue weighted by molar-refractivity contribution is 5.98. The van der Waals surface area contributed by atoms with E-state index < -0.39 is 17.8 Å². The molecule has 0 saturated carbocycles.